The molecule has 3 rings (SSSR count). The fraction of sp³-hybridized carbons (Fsp3) is 0.304. The van der Waals surface area contributed by atoms with Crippen molar-refractivity contribution in [3.63, 3.8) is 0 Å². The molecule has 0 radical (unpaired) electrons. The van der Waals surface area contributed by atoms with Crippen molar-refractivity contribution in [2.75, 3.05) is 4.90 Å². The van der Waals surface area contributed by atoms with Gasteiger partial charge in [0.1, 0.15) is 6.04 Å². The summed E-state index contributed by atoms with van der Waals surface area (Å²) in [4.78, 5) is 41.5. The maximum atomic E-state index is 13.2. The molecule has 1 heterocycles. The van der Waals surface area contributed by atoms with E-state index < -0.39 is 11.9 Å². The number of nitriles is 1. The molecule has 1 saturated heterocycles. The lowest BCUT2D eigenvalue weighted by Crippen LogP contribution is -2.46. The summed E-state index contributed by atoms with van der Waals surface area (Å²) in [5, 5.41) is 8.95. The lowest BCUT2D eigenvalue weighted by molar-refractivity contribution is -0.141. The van der Waals surface area contributed by atoms with Crippen LogP contribution in [-0.2, 0) is 14.4 Å². The SMILES string of the molecule is CCCC(=O)N(C1CC(=O)N(c2ccc(C#N)cc2)C1=O)C(C)c1ccccc1. The first kappa shape index (κ1) is 20.3. The largest absolute Gasteiger partial charge is 0.323 e. The second-order valence-corrected chi connectivity index (χ2v) is 7.08. The molecule has 6 nitrogen and oxygen atoms in total. The van der Waals surface area contributed by atoms with Gasteiger partial charge in [-0.3, -0.25) is 14.4 Å². The normalized spacial score (nSPS) is 17.1. The van der Waals surface area contributed by atoms with E-state index in [0.29, 0.717) is 24.1 Å². The van der Waals surface area contributed by atoms with Gasteiger partial charge in [-0.2, -0.15) is 5.26 Å². The average molecular weight is 389 g/mol. The van der Waals surface area contributed by atoms with E-state index in [2.05, 4.69) is 0 Å². The van der Waals surface area contributed by atoms with Gasteiger partial charge >= 0.3 is 0 Å². The summed E-state index contributed by atoms with van der Waals surface area (Å²) in [6, 6.07) is 16.6. The van der Waals surface area contributed by atoms with Crippen LogP contribution in [0.5, 0.6) is 0 Å². The van der Waals surface area contributed by atoms with Crippen molar-refractivity contribution in [1.29, 1.82) is 5.26 Å². The van der Waals surface area contributed by atoms with Gasteiger partial charge in [0.2, 0.25) is 11.8 Å². The zero-order chi connectivity index (χ0) is 21.0. The zero-order valence-corrected chi connectivity index (χ0v) is 16.5. The Bertz CT molecular complexity index is 948. The highest BCUT2D eigenvalue weighted by Crippen LogP contribution is 2.32. The van der Waals surface area contributed by atoms with Crippen LogP contribution in [0.3, 0.4) is 0 Å². The minimum Gasteiger partial charge on any atom is -0.323 e. The lowest BCUT2D eigenvalue weighted by atomic mass is 10.0. The number of hydrogen-bond donors (Lipinski definition) is 0. The predicted molar refractivity (Wildman–Crippen MR) is 109 cm³/mol. The molecule has 0 bridgehead atoms. The van der Waals surface area contributed by atoms with Crippen molar-refractivity contribution in [2.45, 2.75) is 45.2 Å². The number of nitrogens with zero attached hydrogens (tertiary/aromatic N) is 3. The molecule has 0 spiro atoms. The molecule has 2 unspecified atom stereocenters. The molecule has 0 N–H and O–H groups in total. The Hall–Kier alpha value is -3.46. The highest BCUT2D eigenvalue weighted by atomic mass is 16.2. The van der Waals surface area contributed by atoms with Crippen LogP contribution in [0.15, 0.2) is 54.6 Å². The molecule has 0 saturated carbocycles. The number of amides is 3. The van der Waals surface area contributed by atoms with E-state index >= 15 is 0 Å². The van der Waals surface area contributed by atoms with Crippen LogP contribution in [0.4, 0.5) is 5.69 Å². The smallest absolute Gasteiger partial charge is 0.257 e. The third kappa shape index (κ3) is 4.04. The fourth-order valence-corrected chi connectivity index (χ4v) is 3.68. The van der Waals surface area contributed by atoms with Gasteiger partial charge in [-0.15, -0.1) is 0 Å². The van der Waals surface area contributed by atoms with Crippen LogP contribution in [0.25, 0.3) is 0 Å². The third-order valence-electron chi connectivity index (χ3n) is 5.16. The first-order valence-electron chi connectivity index (χ1n) is 9.71. The van der Waals surface area contributed by atoms with E-state index in [4.69, 9.17) is 5.26 Å². The van der Waals surface area contributed by atoms with Crippen molar-refractivity contribution in [3.8, 4) is 6.07 Å². The lowest BCUT2D eigenvalue weighted by Gasteiger charge is -2.33. The quantitative estimate of drug-likeness (QED) is 0.707. The minimum atomic E-state index is -0.840. The second-order valence-electron chi connectivity index (χ2n) is 7.08. The number of benzene rings is 2. The molecule has 1 aliphatic rings. The Morgan fingerprint density at radius 2 is 1.83 bits per heavy atom. The van der Waals surface area contributed by atoms with Gasteiger partial charge in [0, 0.05) is 6.42 Å². The van der Waals surface area contributed by atoms with Gasteiger partial charge in [-0.1, -0.05) is 37.3 Å². The molecule has 148 valence electrons. The number of hydrogen-bond acceptors (Lipinski definition) is 4. The number of rotatable bonds is 6. The summed E-state index contributed by atoms with van der Waals surface area (Å²) in [5.41, 5.74) is 1.77. The zero-order valence-electron chi connectivity index (χ0n) is 16.5. The Balaban J connectivity index is 1.93. The molecule has 0 aromatic heterocycles. The predicted octanol–water partition coefficient (Wildman–Crippen LogP) is 3.58. The summed E-state index contributed by atoms with van der Waals surface area (Å²) in [6.07, 6.45) is 0.919. The summed E-state index contributed by atoms with van der Waals surface area (Å²) in [5.74, 6) is -0.900. The van der Waals surface area contributed by atoms with Crippen LogP contribution >= 0.6 is 0 Å². The molecule has 6 heteroatoms. The molecular weight excluding hydrogens is 366 g/mol. The summed E-state index contributed by atoms with van der Waals surface area (Å²) < 4.78 is 0. The fourth-order valence-electron chi connectivity index (χ4n) is 3.68. The van der Waals surface area contributed by atoms with Gasteiger partial charge in [0.05, 0.1) is 29.8 Å². The van der Waals surface area contributed by atoms with E-state index in [0.717, 1.165) is 10.5 Å². The Morgan fingerprint density at radius 1 is 1.17 bits per heavy atom. The molecule has 29 heavy (non-hydrogen) atoms. The van der Waals surface area contributed by atoms with Crippen molar-refractivity contribution < 1.29 is 14.4 Å². The van der Waals surface area contributed by atoms with Crippen LogP contribution < -0.4 is 4.90 Å². The van der Waals surface area contributed by atoms with E-state index in [1.165, 1.54) is 0 Å². The van der Waals surface area contributed by atoms with Gasteiger partial charge < -0.3 is 4.90 Å². The van der Waals surface area contributed by atoms with E-state index in [1.54, 1.807) is 29.2 Å². The first-order valence-corrected chi connectivity index (χ1v) is 9.71. The van der Waals surface area contributed by atoms with Crippen LogP contribution in [0, 0.1) is 11.3 Å². The van der Waals surface area contributed by atoms with Gasteiger partial charge in [-0.25, -0.2) is 4.90 Å². The molecular formula is C23H23N3O3. The summed E-state index contributed by atoms with van der Waals surface area (Å²) in [6.45, 7) is 3.79. The second kappa shape index (κ2) is 8.70. The monoisotopic (exact) mass is 389 g/mol. The van der Waals surface area contributed by atoms with E-state index in [-0.39, 0.29) is 24.3 Å². The molecule has 0 aliphatic carbocycles. The highest BCUT2D eigenvalue weighted by Gasteiger charge is 2.45. The summed E-state index contributed by atoms with van der Waals surface area (Å²) in [7, 11) is 0. The average Bonchev–Trinajstić information content (AvgIpc) is 3.03. The first-order chi connectivity index (χ1) is 14.0. The van der Waals surface area contributed by atoms with Gasteiger partial charge in [-0.05, 0) is 43.2 Å². The number of carbonyl (C=O) groups excluding carboxylic acids is 3. The Kier molecular flexibility index (Phi) is 6.08. The van der Waals surface area contributed by atoms with Gasteiger partial charge in [0.25, 0.3) is 5.91 Å². The van der Waals surface area contributed by atoms with Crippen LogP contribution in [0.2, 0.25) is 0 Å². The van der Waals surface area contributed by atoms with Gasteiger partial charge in [0.15, 0.2) is 0 Å². The van der Waals surface area contributed by atoms with Crippen molar-refractivity contribution in [2.24, 2.45) is 0 Å². The highest BCUT2D eigenvalue weighted by molar-refractivity contribution is 6.23. The molecule has 1 aliphatic heterocycles. The molecule has 2 aromatic carbocycles. The number of carbonyl (C=O) groups is 3. The number of imide groups is 1. The van der Waals surface area contributed by atoms with Crippen molar-refractivity contribution in [3.05, 3.63) is 65.7 Å². The molecule has 1 fully saturated rings. The van der Waals surface area contributed by atoms with Crippen molar-refractivity contribution >= 4 is 23.4 Å². The molecule has 2 aromatic rings. The summed E-state index contributed by atoms with van der Waals surface area (Å²) >= 11 is 0. The molecule has 3 amide bonds. The maximum absolute atomic E-state index is 13.2. The topological polar surface area (TPSA) is 81.5 Å². The van der Waals surface area contributed by atoms with E-state index in [9.17, 15) is 14.4 Å². The number of anilines is 1. The minimum absolute atomic E-state index is 0.0501. The third-order valence-corrected chi connectivity index (χ3v) is 5.16. The van der Waals surface area contributed by atoms with Crippen LogP contribution in [-0.4, -0.2) is 28.7 Å². The van der Waals surface area contributed by atoms with Crippen LogP contribution in [0.1, 0.15) is 50.3 Å². The van der Waals surface area contributed by atoms with E-state index in [1.807, 2.05) is 50.2 Å². The van der Waals surface area contributed by atoms with Crippen molar-refractivity contribution in [1.82, 2.24) is 4.90 Å². The Morgan fingerprint density at radius 3 is 2.41 bits per heavy atom. The Labute approximate surface area is 170 Å². The maximum Gasteiger partial charge on any atom is 0.257 e. The standard InChI is InChI=1S/C23H23N3O3/c1-3-7-21(27)25(16(2)18-8-5-4-6-9-18)20-14-22(28)26(23(20)29)19-12-10-17(15-24)11-13-19/h4-6,8-13,16,20H,3,7,14H2,1-2H3. The molecule has 2 atom stereocenters.